The second kappa shape index (κ2) is 4.38. The van der Waals surface area contributed by atoms with Crippen molar-refractivity contribution < 1.29 is 0 Å². The maximum absolute atomic E-state index is 2.37. The number of hydrogen-bond donors (Lipinski definition) is 0. The maximum atomic E-state index is 2.37. The lowest BCUT2D eigenvalue weighted by atomic mass is 9.74. The Bertz CT molecular complexity index is 319. The third-order valence-corrected chi connectivity index (χ3v) is 4.21. The molecule has 0 spiro atoms. The van der Waals surface area contributed by atoms with Crippen molar-refractivity contribution in [2.24, 2.45) is 0 Å². The van der Waals surface area contributed by atoms with Crippen LogP contribution in [0.15, 0.2) is 24.3 Å². The van der Waals surface area contributed by atoms with E-state index in [1.807, 2.05) is 0 Å². The molecule has 0 heteroatoms. The van der Waals surface area contributed by atoms with E-state index in [0.717, 1.165) is 0 Å². The lowest BCUT2D eigenvalue weighted by molar-refractivity contribution is 0.421. The Hall–Kier alpha value is -0.780. The SMILES string of the molecule is CCc1ccccc1C1(CC)CCCC1. The van der Waals surface area contributed by atoms with Crippen LogP contribution >= 0.6 is 0 Å². The molecular formula is C15H22. The number of aryl methyl sites for hydroxylation is 1. The minimum Gasteiger partial charge on any atom is -0.0645 e. The van der Waals surface area contributed by atoms with Gasteiger partial charge in [-0.15, -0.1) is 0 Å². The minimum atomic E-state index is 0.520. The summed E-state index contributed by atoms with van der Waals surface area (Å²) in [5.41, 5.74) is 3.74. The molecule has 0 heterocycles. The fourth-order valence-corrected chi connectivity index (χ4v) is 3.21. The van der Waals surface area contributed by atoms with Crippen molar-refractivity contribution in [2.45, 2.75) is 57.8 Å². The fourth-order valence-electron chi connectivity index (χ4n) is 3.21. The first-order chi connectivity index (χ1) is 7.32. The van der Waals surface area contributed by atoms with Crippen molar-refractivity contribution in [3.63, 3.8) is 0 Å². The van der Waals surface area contributed by atoms with Crippen molar-refractivity contribution >= 4 is 0 Å². The molecule has 1 aliphatic rings. The molecule has 0 aromatic heterocycles. The molecule has 0 nitrogen and oxygen atoms in total. The fraction of sp³-hybridized carbons (Fsp3) is 0.600. The van der Waals surface area contributed by atoms with Crippen molar-refractivity contribution in [3.8, 4) is 0 Å². The van der Waals surface area contributed by atoms with E-state index in [2.05, 4.69) is 38.1 Å². The van der Waals surface area contributed by atoms with Gasteiger partial charge >= 0.3 is 0 Å². The van der Waals surface area contributed by atoms with E-state index in [9.17, 15) is 0 Å². The predicted molar refractivity (Wildman–Crippen MR) is 66.3 cm³/mol. The largest absolute Gasteiger partial charge is 0.0645 e. The zero-order valence-electron chi connectivity index (χ0n) is 10.1. The van der Waals surface area contributed by atoms with E-state index >= 15 is 0 Å². The van der Waals surface area contributed by atoms with Crippen molar-refractivity contribution in [3.05, 3.63) is 35.4 Å². The number of rotatable bonds is 3. The molecule has 0 saturated heterocycles. The molecule has 1 saturated carbocycles. The molecule has 1 aliphatic carbocycles. The molecule has 1 fully saturated rings. The minimum absolute atomic E-state index is 0.520. The number of benzene rings is 1. The van der Waals surface area contributed by atoms with Crippen molar-refractivity contribution in [2.75, 3.05) is 0 Å². The monoisotopic (exact) mass is 202 g/mol. The quantitative estimate of drug-likeness (QED) is 0.678. The zero-order valence-corrected chi connectivity index (χ0v) is 10.1. The summed E-state index contributed by atoms with van der Waals surface area (Å²) in [7, 11) is 0. The lowest BCUT2D eigenvalue weighted by Crippen LogP contribution is -2.22. The highest BCUT2D eigenvalue weighted by atomic mass is 14.4. The van der Waals surface area contributed by atoms with Gasteiger partial charge in [0.2, 0.25) is 0 Å². The highest BCUT2D eigenvalue weighted by Gasteiger charge is 2.34. The van der Waals surface area contributed by atoms with Gasteiger partial charge in [0.1, 0.15) is 0 Å². The summed E-state index contributed by atoms with van der Waals surface area (Å²) in [4.78, 5) is 0. The van der Waals surface area contributed by atoms with Crippen LogP contribution in [0.2, 0.25) is 0 Å². The molecule has 0 bridgehead atoms. The van der Waals surface area contributed by atoms with Crippen LogP contribution in [-0.4, -0.2) is 0 Å². The molecule has 0 radical (unpaired) electrons. The Balaban J connectivity index is 2.41. The van der Waals surface area contributed by atoms with Gasteiger partial charge in [-0.3, -0.25) is 0 Å². The lowest BCUT2D eigenvalue weighted by Gasteiger charge is -2.30. The van der Waals surface area contributed by atoms with Crippen LogP contribution in [0.1, 0.15) is 57.1 Å². The Morgan fingerprint density at radius 2 is 1.73 bits per heavy atom. The third-order valence-electron chi connectivity index (χ3n) is 4.21. The summed E-state index contributed by atoms with van der Waals surface area (Å²) in [5, 5.41) is 0. The average molecular weight is 202 g/mol. The third kappa shape index (κ3) is 1.82. The molecule has 0 atom stereocenters. The summed E-state index contributed by atoms with van der Waals surface area (Å²) in [6, 6.07) is 9.07. The second-order valence-corrected chi connectivity index (χ2v) is 4.85. The van der Waals surface area contributed by atoms with Crippen LogP contribution in [-0.2, 0) is 11.8 Å². The van der Waals surface area contributed by atoms with Crippen molar-refractivity contribution in [1.82, 2.24) is 0 Å². The van der Waals surface area contributed by atoms with Crippen LogP contribution in [0.5, 0.6) is 0 Å². The van der Waals surface area contributed by atoms with E-state index < -0.39 is 0 Å². The van der Waals surface area contributed by atoms with Crippen LogP contribution in [0.4, 0.5) is 0 Å². The zero-order chi connectivity index (χ0) is 10.7. The molecule has 0 aliphatic heterocycles. The Labute approximate surface area is 93.7 Å². The highest BCUT2D eigenvalue weighted by molar-refractivity contribution is 5.35. The van der Waals surface area contributed by atoms with E-state index in [4.69, 9.17) is 0 Å². The van der Waals surface area contributed by atoms with Gasteiger partial charge in [0.05, 0.1) is 0 Å². The normalized spacial score (nSPS) is 19.3. The van der Waals surface area contributed by atoms with Gasteiger partial charge in [-0.1, -0.05) is 51.0 Å². The topological polar surface area (TPSA) is 0 Å². The summed E-state index contributed by atoms with van der Waals surface area (Å²) in [6.45, 7) is 4.63. The van der Waals surface area contributed by atoms with Gasteiger partial charge in [0, 0.05) is 0 Å². The van der Waals surface area contributed by atoms with Gasteiger partial charge in [-0.05, 0) is 42.2 Å². The van der Waals surface area contributed by atoms with E-state index in [-0.39, 0.29) is 0 Å². The van der Waals surface area contributed by atoms with E-state index in [1.165, 1.54) is 38.5 Å². The summed E-state index contributed by atoms with van der Waals surface area (Å²) < 4.78 is 0. The van der Waals surface area contributed by atoms with Gasteiger partial charge in [-0.25, -0.2) is 0 Å². The van der Waals surface area contributed by atoms with Crippen LogP contribution in [0, 0.1) is 0 Å². The van der Waals surface area contributed by atoms with Crippen LogP contribution in [0.25, 0.3) is 0 Å². The molecule has 1 aromatic rings. The van der Waals surface area contributed by atoms with E-state index in [1.54, 1.807) is 11.1 Å². The molecule has 0 unspecified atom stereocenters. The highest BCUT2D eigenvalue weighted by Crippen LogP contribution is 2.44. The Kier molecular flexibility index (Phi) is 3.14. The van der Waals surface area contributed by atoms with Gasteiger partial charge in [0.15, 0.2) is 0 Å². The van der Waals surface area contributed by atoms with Gasteiger partial charge in [-0.2, -0.15) is 0 Å². The van der Waals surface area contributed by atoms with Crippen LogP contribution in [0.3, 0.4) is 0 Å². The van der Waals surface area contributed by atoms with Crippen molar-refractivity contribution in [1.29, 1.82) is 0 Å². The standard InChI is InChI=1S/C15H22/c1-3-13-9-5-6-10-14(13)15(4-2)11-7-8-12-15/h5-6,9-10H,3-4,7-8,11-12H2,1-2H3. The summed E-state index contributed by atoms with van der Waals surface area (Å²) >= 11 is 0. The molecule has 2 rings (SSSR count). The molecule has 82 valence electrons. The first kappa shape index (κ1) is 10.7. The van der Waals surface area contributed by atoms with Gasteiger partial charge < -0.3 is 0 Å². The summed E-state index contributed by atoms with van der Waals surface area (Å²) in [6.07, 6.45) is 8.14. The number of hydrogen-bond acceptors (Lipinski definition) is 0. The Morgan fingerprint density at radius 3 is 2.33 bits per heavy atom. The Morgan fingerprint density at radius 1 is 1.07 bits per heavy atom. The molecule has 15 heavy (non-hydrogen) atoms. The first-order valence-electron chi connectivity index (χ1n) is 6.41. The van der Waals surface area contributed by atoms with Gasteiger partial charge in [0.25, 0.3) is 0 Å². The molecule has 0 amide bonds. The second-order valence-electron chi connectivity index (χ2n) is 4.85. The summed E-state index contributed by atoms with van der Waals surface area (Å²) in [5.74, 6) is 0. The molecular weight excluding hydrogens is 180 g/mol. The molecule has 0 N–H and O–H groups in total. The van der Waals surface area contributed by atoms with E-state index in [0.29, 0.717) is 5.41 Å². The smallest absolute Gasteiger partial charge is 0.00469 e. The first-order valence-corrected chi connectivity index (χ1v) is 6.41. The average Bonchev–Trinajstić information content (AvgIpc) is 2.79. The molecule has 1 aromatic carbocycles. The predicted octanol–water partition coefficient (Wildman–Crippen LogP) is 4.47. The maximum Gasteiger partial charge on any atom is -0.00469 e. The van der Waals surface area contributed by atoms with Crippen LogP contribution < -0.4 is 0 Å².